The molecule has 4 heteroatoms. The second-order valence-electron chi connectivity index (χ2n) is 3.01. The van der Waals surface area contributed by atoms with Crippen molar-refractivity contribution in [3.8, 4) is 0 Å². The van der Waals surface area contributed by atoms with E-state index in [-0.39, 0.29) is 0 Å². The van der Waals surface area contributed by atoms with Crippen LogP contribution in [0.4, 0.5) is 0 Å². The van der Waals surface area contributed by atoms with Gasteiger partial charge in [0.15, 0.2) is 0 Å². The normalized spacial score (nSPS) is 11.0. The van der Waals surface area contributed by atoms with Crippen molar-refractivity contribution in [3.63, 3.8) is 0 Å². The summed E-state index contributed by atoms with van der Waals surface area (Å²) in [5.74, 6) is 0. The first-order chi connectivity index (χ1) is 5.72. The van der Waals surface area contributed by atoms with Gasteiger partial charge in [0.05, 0.1) is 5.69 Å². The molecule has 1 heterocycles. The van der Waals surface area contributed by atoms with Crippen LogP contribution in [0.3, 0.4) is 0 Å². The second kappa shape index (κ2) is 4.23. The molecule has 0 saturated carbocycles. The number of aromatic nitrogens is 2. The first kappa shape index (κ1) is 9.22. The van der Waals surface area contributed by atoms with Crippen molar-refractivity contribution in [1.82, 2.24) is 14.7 Å². The van der Waals surface area contributed by atoms with Gasteiger partial charge in [-0.1, -0.05) is 0 Å². The maximum atomic E-state index is 5.42. The fourth-order valence-electron chi connectivity index (χ4n) is 1.12. The average molecular weight is 168 g/mol. The van der Waals surface area contributed by atoms with Gasteiger partial charge in [-0.05, 0) is 13.1 Å². The summed E-state index contributed by atoms with van der Waals surface area (Å²) in [6.07, 6.45) is 1.95. The number of likely N-dealkylation sites (N-methyl/N-ethyl adjacent to an activating group) is 1. The molecular formula is C8H16N4. The molecule has 0 bridgehead atoms. The van der Waals surface area contributed by atoms with Crippen molar-refractivity contribution in [2.45, 2.75) is 6.54 Å². The molecule has 1 rings (SSSR count). The van der Waals surface area contributed by atoms with E-state index in [9.17, 15) is 0 Å². The lowest BCUT2D eigenvalue weighted by Crippen LogP contribution is -2.25. The third-order valence-corrected chi connectivity index (χ3v) is 1.71. The minimum Gasteiger partial charge on any atom is -0.329 e. The van der Waals surface area contributed by atoms with Gasteiger partial charge in [0, 0.05) is 32.9 Å². The SMILES string of the molecule is CN(CCN)Cc1ccn(C)n1. The van der Waals surface area contributed by atoms with Crippen LogP contribution in [0, 0.1) is 0 Å². The van der Waals surface area contributed by atoms with Crippen molar-refractivity contribution < 1.29 is 0 Å². The summed E-state index contributed by atoms with van der Waals surface area (Å²) in [7, 11) is 3.97. The number of aryl methyl sites for hydroxylation is 1. The predicted octanol–water partition coefficient (Wildman–Crippen LogP) is -0.189. The van der Waals surface area contributed by atoms with E-state index in [1.165, 1.54) is 0 Å². The van der Waals surface area contributed by atoms with Gasteiger partial charge in [-0.25, -0.2) is 0 Å². The van der Waals surface area contributed by atoms with Crippen LogP contribution in [0.25, 0.3) is 0 Å². The van der Waals surface area contributed by atoms with Crippen LogP contribution in [0.2, 0.25) is 0 Å². The fraction of sp³-hybridized carbons (Fsp3) is 0.625. The molecule has 1 aromatic heterocycles. The Bertz CT molecular complexity index is 231. The molecule has 0 atom stereocenters. The van der Waals surface area contributed by atoms with Gasteiger partial charge in [-0.15, -0.1) is 0 Å². The minimum absolute atomic E-state index is 0.698. The molecule has 0 fully saturated rings. The molecule has 12 heavy (non-hydrogen) atoms. The predicted molar refractivity (Wildman–Crippen MR) is 48.6 cm³/mol. The zero-order valence-corrected chi connectivity index (χ0v) is 7.70. The Morgan fingerprint density at radius 1 is 1.67 bits per heavy atom. The van der Waals surface area contributed by atoms with Gasteiger partial charge in [-0.3, -0.25) is 9.58 Å². The summed E-state index contributed by atoms with van der Waals surface area (Å²) >= 11 is 0. The average Bonchev–Trinajstić information content (AvgIpc) is 2.36. The third kappa shape index (κ3) is 2.64. The molecule has 0 aliphatic heterocycles. The summed E-state index contributed by atoms with van der Waals surface area (Å²) < 4.78 is 1.81. The molecule has 0 aliphatic carbocycles. The minimum atomic E-state index is 0.698. The van der Waals surface area contributed by atoms with Crippen LogP contribution in [0.15, 0.2) is 12.3 Å². The number of rotatable bonds is 4. The lowest BCUT2D eigenvalue weighted by Gasteiger charge is -2.12. The van der Waals surface area contributed by atoms with Gasteiger partial charge in [0.1, 0.15) is 0 Å². The third-order valence-electron chi connectivity index (χ3n) is 1.71. The monoisotopic (exact) mass is 168 g/mol. The summed E-state index contributed by atoms with van der Waals surface area (Å²) in [5.41, 5.74) is 6.51. The first-order valence-electron chi connectivity index (χ1n) is 4.09. The Kier molecular flexibility index (Phi) is 3.25. The van der Waals surface area contributed by atoms with Crippen molar-refractivity contribution >= 4 is 0 Å². The van der Waals surface area contributed by atoms with Crippen LogP contribution in [-0.4, -0.2) is 34.8 Å². The molecular weight excluding hydrogens is 152 g/mol. The zero-order chi connectivity index (χ0) is 8.97. The number of hydrogen-bond acceptors (Lipinski definition) is 3. The highest BCUT2D eigenvalue weighted by Crippen LogP contribution is 1.97. The number of nitrogens with zero attached hydrogens (tertiary/aromatic N) is 3. The van der Waals surface area contributed by atoms with Crippen LogP contribution in [0.1, 0.15) is 5.69 Å². The van der Waals surface area contributed by atoms with Crippen molar-refractivity contribution in [3.05, 3.63) is 18.0 Å². The first-order valence-corrected chi connectivity index (χ1v) is 4.09. The van der Waals surface area contributed by atoms with Crippen LogP contribution < -0.4 is 5.73 Å². The van der Waals surface area contributed by atoms with E-state index < -0.39 is 0 Å². The number of nitrogens with two attached hydrogens (primary N) is 1. The van der Waals surface area contributed by atoms with Gasteiger partial charge in [0.2, 0.25) is 0 Å². The molecule has 0 aromatic carbocycles. The van der Waals surface area contributed by atoms with E-state index in [1.807, 2.05) is 31.0 Å². The largest absolute Gasteiger partial charge is 0.329 e. The molecule has 0 spiro atoms. The molecule has 0 amide bonds. The molecule has 68 valence electrons. The zero-order valence-electron chi connectivity index (χ0n) is 7.70. The highest BCUT2D eigenvalue weighted by molar-refractivity contribution is 4.97. The van der Waals surface area contributed by atoms with Gasteiger partial charge in [-0.2, -0.15) is 5.10 Å². The van der Waals surface area contributed by atoms with E-state index in [4.69, 9.17) is 5.73 Å². The molecule has 4 nitrogen and oxygen atoms in total. The second-order valence-corrected chi connectivity index (χ2v) is 3.01. The summed E-state index contributed by atoms with van der Waals surface area (Å²) in [4.78, 5) is 2.16. The van der Waals surface area contributed by atoms with E-state index >= 15 is 0 Å². The van der Waals surface area contributed by atoms with Crippen molar-refractivity contribution in [2.24, 2.45) is 12.8 Å². The fourth-order valence-corrected chi connectivity index (χ4v) is 1.12. The maximum absolute atomic E-state index is 5.42. The van der Waals surface area contributed by atoms with E-state index in [2.05, 4.69) is 10.00 Å². The standard InChI is InChI=1S/C8H16N4/c1-11(6-4-9)7-8-3-5-12(2)10-8/h3,5H,4,6-7,9H2,1-2H3. The molecule has 2 N–H and O–H groups in total. The highest BCUT2D eigenvalue weighted by Gasteiger charge is 2.00. The summed E-state index contributed by atoms with van der Waals surface area (Å²) in [6.45, 7) is 2.48. The van der Waals surface area contributed by atoms with Crippen LogP contribution >= 0.6 is 0 Å². The van der Waals surface area contributed by atoms with Gasteiger partial charge < -0.3 is 5.73 Å². The van der Waals surface area contributed by atoms with E-state index in [1.54, 1.807) is 0 Å². The Hall–Kier alpha value is -0.870. The Morgan fingerprint density at radius 3 is 2.92 bits per heavy atom. The molecule has 0 unspecified atom stereocenters. The lowest BCUT2D eigenvalue weighted by atomic mass is 10.4. The van der Waals surface area contributed by atoms with E-state index in [0.29, 0.717) is 6.54 Å². The topological polar surface area (TPSA) is 47.1 Å². The molecule has 0 saturated heterocycles. The smallest absolute Gasteiger partial charge is 0.0764 e. The van der Waals surface area contributed by atoms with Gasteiger partial charge in [0.25, 0.3) is 0 Å². The summed E-state index contributed by atoms with van der Waals surface area (Å²) in [5, 5.41) is 4.27. The van der Waals surface area contributed by atoms with Crippen LogP contribution in [-0.2, 0) is 13.6 Å². The van der Waals surface area contributed by atoms with Gasteiger partial charge >= 0.3 is 0 Å². The Labute approximate surface area is 73.0 Å². The van der Waals surface area contributed by atoms with E-state index in [0.717, 1.165) is 18.8 Å². The molecule has 1 aromatic rings. The summed E-state index contributed by atoms with van der Waals surface area (Å²) in [6, 6.07) is 2.02. The highest BCUT2D eigenvalue weighted by atomic mass is 15.3. The maximum Gasteiger partial charge on any atom is 0.0764 e. The molecule has 0 radical (unpaired) electrons. The lowest BCUT2D eigenvalue weighted by molar-refractivity contribution is 0.331. The Balaban J connectivity index is 2.41. The Morgan fingerprint density at radius 2 is 2.42 bits per heavy atom. The quantitative estimate of drug-likeness (QED) is 0.678. The van der Waals surface area contributed by atoms with Crippen LogP contribution in [0.5, 0.6) is 0 Å². The van der Waals surface area contributed by atoms with Crippen molar-refractivity contribution in [1.29, 1.82) is 0 Å². The number of hydrogen-bond donors (Lipinski definition) is 1. The van der Waals surface area contributed by atoms with Crippen molar-refractivity contribution in [2.75, 3.05) is 20.1 Å². The molecule has 0 aliphatic rings.